The molecule has 1 aromatic rings. The smallest absolute Gasteiger partial charge is 0.0247 e. The van der Waals surface area contributed by atoms with Gasteiger partial charge in [-0.25, -0.2) is 0 Å². The van der Waals surface area contributed by atoms with E-state index in [4.69, 9.17) is 0 Å². The van der Waals surface area contributed by atoms with E-state index in [-0.39, 0.29) is 0 Å². The highest BCUT2D eigenvalue weighted by Gasteiger charge is 2.31. The maximum atomic E-state index is 3.51. The van der Waals surface area contributed by atoms with Crippen LogP contribution < -0.4 is 5.32 Å². The summed E-state index contributed by atoms with van der Waals surface area (Å²) in [6.07, 6.45) is 5.30. The molecule has 0 amide bonds. The molecular weight excluding hydrogens is 240 g/mol. The molecule has 1 unspecified atom stereocenters. The lowest BCUT2D eigenvalue weighted by molar-refractivity contribution is 0.180. The van der Waals surface area contributed by atoms with Crippen molar-refractivity contribution >= 4 is 11.3 Å². The van der Waals surface area contributed by atoms with Gasteiger partial charge in [0, 0.05) is 18.6 Å². The molecule has 1 fully saturated rings. The Bertz CT molecular complexity index is 319. The van der Waals surface area contributed by atoms with Crippen LogP contribution in [0.4, 0.5) is 0 Å². The van der Waals surface area contributed by atoms with Gasteiger partial charge in [0.2, 0.25) is 0 Å². The Labute approximate surface area is 115 Å². The van der Waals surface area contributed by atoms with Crippen LogP contribution in [0.2, 0.25) is 0 Å². The first-order chi connectivity index (χ1) is 8.81. The van der Waals surface area contributed by atoms with Crippen LogP contribution in [0, 0.1) is 0 Å². The van der Waals surface area contributed by atoms with Crippen LogP contribution in [0.1, 0.15) is 45.1 Å². The third-order valence-corrected chi connectivity index (χ3v) is 4.43. The second kappa shape index (κ2) is 7.27. The van der Waals surface area contributed by atoms with Gasteiger partial charge in [-0.2, -0.15) is 11.3 Å². The third-order valence-electron chi connectivity index (χ3n) is 3.69. The summed E-state index contributed by atoms with van der Waals surface area (Å²) in [5.41, 5.74) is 1.49. The Morgan fingerprint density at radius 1 is 1.44 bits per heavy atom. The van der Waals surface area contributed by atoms with Crippen molar-refractivity contribution in [2.24, 2.45) is 0 Å². The van der Waals surface area contributed by atoms with Crippen LogP contribution in [0.25, 0.3) is 0 Å². The predicted molar refractivity (Wildman–Crippen MR) is 80.1 cm³/mol. The van der Waals surface area contributed by atoms with Crippen molar-refractivity contribution < 1.29 is 0 Å². The highest BCUT2D eigenvalue weighted by Crippen LogP contribution is 2.31. The van der Waals surface area contributed by atoms with Crippen molar-refractivity contribution in [1.29, 1.82) is 0 Å². The number of hydrogen-bond donors (Lipinski definition) is 1. The SMILES string of the molecule is CCCNCCC(C)N(Cc1ccsc1)C1CC1. The van der Waals surface area contributed by atoms with Gasteiger partial charge in [-0.15, -0.1) is 0 Å². The van der Waals surface area contributed by atoms with E-state index in [2.05, 4.69) is 40.9 Å². The number of nitrogens with zero attached hydrogens (tertiary/aromatic N) is 1. The molecule has 1 aliphatic rings. The van der Waals surface area contributed by atoms with Crippen molar-refractivity contribution in [3.05, 3.63) is 22.4 Å². The summed E-state index contributed by atoms with van der Waals surface area (Å²) in [6, 6.07) is 3.81. The molecule has 1 saturated carbocycles. The molecule has 0 aliphatic heterocycles. The Morgan fingerprint density at radius 3 is 2.89 bits per heavy atom. The first-order valence-electron chi connectivity index (χ1n) is 7.28. The van der Waals surface area contributed by atoms with Gasteiger partial charge in [0.25, 0.3) is 0 Å². The van der Waals surface area contributed by atoms with Gasteiger partial charge >= 0.3 is 0 Å². The van der Waals surface area contributed by atoms with Crippen molar-refractivity contribution in [1.82, 2.24) is 10.2 Å². The second-order valence-corrected chi connectivity index (χ2v) is 6.20. The lowest BCUT2D eigenvalue weighted by Crippen LogP contribution is -2.36. The fraction of sp³-hybridized carbons (Fsp3) is 0.733. The summed E-state index contributed by atoms with van der Waals surface area (Å²) in [7, 11) is 0. The third kappa shape index (κ3) is 4.38. The average Bonchev–Trinajstić information content (AvgIpc) is 3.08. The first-order valence-corrected chi connectivity index (χ1v) is 8.23. The summed E-state index contributed by atoms with van der Waals surface area (Å²) in [5, 5.41) is 7.99. The van der Waals surface area contributed by atoms with Crippen LogP contribution in [-0.4, -0.2) is 30.1 Å². The molecule has 0 radical (unpaired) electrons. The molecule has 102 valence electrons. The maximum absolute atomic E-state index is 3.51. The monoisotopic (exact) mass is 266 g/mol. The molecule has 2 nitrogen and oxygen atoms in total. The van der Waals surface area contributed by atoms with Gasteiger partial charge in [0.15, 0.2) is 0 Å². The van der Waals surface area contributed by atoms with E-state index in [1.54, 1.807) is 0 Å². The lowest BCUT2D eigenvalue weighted by Gasteiger charge is -2.29. The molecule has 0 aromatic carbocycles. The molecule has 1 N–H and O–H groups in total. The normalized spacial score (nSPS) is 17.3. The van der Waals surface area contributed by atoms with E-state index < -0.39 is 0 Å². The topological polar surface area (TPSA) is 15.3 Å². The standard InChI is InChI=1S/C15H26N2S/c1-3-8-16-9-6-13(2)17(15-4-5-15)11-14-7-10-18-12-14/h7,10,12-13,15-16H,3-6,8-9,11H2,1-2H3. The molecule has 18 heavy (non-hydrogen) atoms. The largest absolute Gasteiger partial charge is 0.317 e. The van der Waals surface area contributed by atoms with Crippen molar-refractivity contribution in [2.45, 2.75) is 58.2 Å². The highest BCUT2D eigenvalue weighted by atomic mass is 32.1. The first kappa shape index (κ1) is 14.0. The summed E-state index contributed by atoms with van der Waals surface area (Å²) in [5.74, 6) is 0. The van der Waals surface area contributed by atoms with E-state index >= 15 is 0 Å². The van der Waals surface area contributed by atoms with E-state index in [1.165, 1.54) is 31.2 Å². The molecular formula is C15H26N2S. The zero-order chi connectivity index (χ0) is 12.8. The Kier molecular flexibility index (Phi) is 5.67. The summed E-state index contributed by atoms with van der Waals surface area (Å²) in [6.45, 7) is 8.06. The molecule has 1 heterocycles. The fourth-order valence-corrected chi connectivity index (χ4v) is 3.08. The van der Waals surface area contributed by atoms with Gasteiger partial charge in [0.05, 0.1) is 0 Å². The van der Waals surface area contributed by atoms with Gasteiger partial charge in [0.1, 0.15) is 0 Å². The minimum atomic E-state index is 0.696. The number of nitrogens with one attached hydrogen (secondary N) is 1. The maximum Gasteiger partial charge on any atom is 0.0247 e. The molecule has 0 bridgehead atoms. The minimum absolute atomic E-state index is 0.696. The molecule has 1 aromatic heterocycles. The van der Waals surface area contributed by atoms with E-state index in [0.29, 0.717) is 6.04 Å². The molecule has 0 spiro atoms. The average molecular weight is 266 g/mol. The van der Waals surface area contributed by atoms with Crippen molar-refractivity contribution in [3.8, 4) is 0 Å². The van der Waals surface area contributed by atoms with Crippen LogP contribution in [-0.2, 0) is 6.54 Å². The number of thiophene rings is 1. The van der Waals surface area contributed by atoms with Gasteiger partial charge in [-0.3, -0.25) is 4.90 Å². The van der Waals surface area contributed by atoms with Crippen LogP contribution in [0.5, 0.6) is 0 Å². The number of hydrogen-bond acceptors (Lipinski definition) is 3. The predicted octanol–water partition coefficient (Wildman–Crippen LogP) is 3.49. The minimum Gasteiger partial charge on any atom is -0.317 e. The lowest BCUT2D eigenvalue weighted by atomic mass is 10.1. The zero-order valence-corrected chi connectivity index (χ0v) is 12.5. The summed E-state index contributed by atoms with van der Waals surface area (Å²) >= 11 is 1.81. The zero-order valence-electron chi connectivity index (χ0n) is 11.7. The molecule has 3 heteroatoms. The fourth-order valence-electron chi connectivity index (χ4n) is 2.42. The summed E-state index contributed by atoms with van der Waals surface area (Å²) in [4.78, 5) is 2.70. The molecule has 1 aliphatic carbocycles. The molecule has 0 saturated heterocycles. The Morgan fingerprint density at radius 2 is 2.28 bits per heavy atom. The highest BCUT2D eigenvalue weighted by molar-refractivity contribution is 7.07. The van der Waals surface area contributed by atoms with Gasteiger partial charge < -0.3 is 5.32 Å². The van der Waals surface area contributed by atoms with Crippen LogP contribution in [0.15, 0.2) is 16.8 Å². The van der Waals surface area contributed by atoms with Crippen LogP contribution in [0.3, 0.4) is 0 Å². The van der Waals surface area contributed by atoms with Crippen molar-refractivity contribution in [3.63, 3.8) is 0 Å². The summed E-state index contributed by atoms with van der Waals surface area (Å²) < 4.78 is 0. The molecule has 2 rings (SSSR count). The number of rotatable bonds is 9. The second-order valence-electron chi connectivity index (χ2n) is 5.42. The van der Waals surface area contributed by atoms with Crippen LogP contribution >= 0.6 is 11.3 Å². The van der Waals surface area contributed by atoms with Gasteiger partial charge in [-0.05, 0) is 68.1 Å². The van der Waals surface area contributed by atoms with Gasteiger partial charge in [-0.1, -0.05) is 6.92 Å². The Hall–Kier alpha value is -0.380. The Balaban J connectivity index is 1.77. The van der Waals surface area contributed by atoms with E-state index in [1.807, 2.05) is 11.3 Å². The van der Waals surface area contributed by atoms with E-state index in [0.717, 1.165) is 25.7 Å². The van der Waals surface area contributed by atoms with E-state index in [9.17, 15) is 0 Å². The quantitative estimate of drug-likeness (QED) is 0.688. The molecule has 1 atom stereocenters. The van der Waals surface area contributed by atoms with Crippen molar-refractivity contribution in [2.75, 3.05) is 13.1 Å².